The van der Waals surface area contributed by atoms with Crippen molar-refractivity contribution in [3.8, 4) is 0 Å². The van der Waals surface area contributed by atoms with Crippen LogP contribution in [0.2, 0.25) is 5.02 Å². The molecule has 0 unspecified atom stereocenters. The first kappa shape index (κ1) is 14.3. The Bertz CT molecular complexity index is 879. The van der Waals surface area contributed by atoms with Crippen LogP contribution in [0, 0.1) is 0 Å². The Morgan fingerprint density at radius 3 is 2.62 bits per heavy atom. The largest absolute Gasteiger partial charge is 0.283 e. The number of nitrogens with zero attached hydrogens (tertiary/aromatic N) is 1. The molecule has 108 valence electrons. The average molecular weight is 340 g/mol. The van der Waals surface area contributed by atoms with Crippen LogP contribution in [0.1, 0.15) is 0 Å². The molecule has 0 saturated carbocycles. The van der Waals surface area contributed by atoms with Crippen LogP contribution in [-0.2, 0) is 10.0 Å². The third-order valence-electron chi connectivity index (χ3n) is 2.70. The van der Waals surface area contributed by atoms with Crippen LogP contribution in [0.5, 0.6) is 0 Å². The lowest BCUT2D eigenvalue weighted by Gasteiger charge is -2.06. The summed E-state index contributed by atoms with van der Waals surface area (Å²) in [6.45, 7) is 0. The van der Waals surface area contributed by atoms with E-state index in [1.54, 1.807) is 30.3 Å². The molecule has 0 saturated heterocycles. The minimum absolute atomic E-state index is 0.182. The number of thiazole rings is 1. The topological polar surface area (TPSA) is 71.1 Å². The minimum atomic E-state index is -3.62. The number of anilines is 1. The molecule has 0 aliphatic heterocycles. The van der Waals surface area contributed by atoms with E-state index in [4.69, 9.17) is 11.6 Å². The van der Waals surface area contributed by atoms with Crippen molar-refractivity contribution in [1.29, 1.82) is 0 Å². The molecule has 21 heavy (non-hydrogen) atoms. The molecule has 0 aliphatic carbocycles. The Morgan fingerprint density at radius 1 is 1.10 bits per heavy atom. The Balaban J connectivity index is 1.80. The molecule has 0 bridgehead atoms. The van der Waals surface area contributed by atoms with Gasteiger partial charge in [0, 0.05) is 5.02 Å². The predicted molar refractivity (Wildman–Crippen MR) is 85.0 cm³/mol. The molecular formula is C13H10ClN3O2S2. The highest BCUT2D eigenvalue weighted by Crippen LogP contribution is 2.27. The summed E-state index contributed by atoms with van der Waals surface area (Å²) in [6.07, 6.45) is 0. The van der Waals surface area contributed by atoms with Crippen LogP contribution >= 0.6 is 22.9 Å². The fraction of sp³-hybridized carbons (Fsp3) is 0. The van der Waals surface area contributed by atoms with Crippen LogP contribution in [0.25, 0.3) is 10.2 Å². The standard InChI is InChI=1S/C13H10ClN3O2S2/c14-9-6-7-12-11(8-9)15-13(20-12)16-17-21(18,19)10-4-2-1-3-5-10/h1-8,17H,(H,15,16). The summed E-state index contributed by atoms with van der Waals surface area (Å²) in [5.41, 5.74) is 3.34. The highest BCUT2D eigenvalue weighted by molar-refractivity contribution is 7.89. The zero-order valence-corrected chi connectivity index (χ0v) is 13.0. The second-order valence-electron chi connectivity index (χ2n) is 4.17. The Hall–Kier alpha value is -1.67. The van der Waals surface area contributed by atoms with Gasteiger partial charge < -0.3 is 0 Å². The van der Waals surface area contributed by atoms with Gasteiger partial charge in [0.1, 0.15) is 0 Å². The van der Waals surface area contributed by atoms with Crippen molar-refractivity contribution in [2.75, 3.05) is 5.43 Å². The second kappa shape index (κ2) is 5.61. The highest BCUT2D eigenvalue weighted by atomic mass is 35.5. The summed E-state index contributed by atoms with van der Waals surface area (Å²) in [7, 11) is -3.62. The molecule has 2 N–H and O–H groups in total. The van der Waals surface area contributed by atoms with Gasteiger partial charge in [0.15, 0.2) is 5.13 Å². The molecule has 5 nitrogen and oxygen atoms in total. The van der Waals surface area contributed by atoms with Gasteiger partial charge in [-0.25, -0.2) is 13.4 Å². The minimum Gasteiger partial charge on any atom is -0.283 e. The second-order valence-corrected chi connectivity index (χ2v) is 7.32. The van der Waals surface area contributed by atoms with Crippen LogP contribution in [0.3, 0.4) is 0 Å². The SMILES string of the molecule is O=S(=O)(NNc1nc2cc(Cl)ccc2s1)c1ccccc1. The average Bonchev–Trinajstić information content (AvgIpc) is 2.88. The molecule has 1 heterocycles. The number of halogens is 1. The highest BCUT2D eigenvalue weighted by Gasteiger charge is 2.13. The van der Waals surface area contributed by atoms with Crippen molar-refractivity contribution >= 4 is 48.3 Å². The fourth-order valence-electron chi connectivity index (χ4n) is 1.72. The van der Waals surface area contributed by atoms with Crippen molar-refractivity contribution in [2.24, 2.45) is 0 Å². The summed E-state index contributed by atoms with van der Waals surface area (Å²) in [6, 6.07) is 13.4. The first-order valence-corrected chi connectivity index (χ1v) is 8.61. The van der Waals surface area contributed by atoms with Crippen molar-refractivity contribution in [3.05, 3.63) is 53.6 Å². The number of rotatable bonds is 4. The van der Waals surface area contributed by atoms with E-state index in [1.165, 1.54) is 23.5 Å². The maximum atomic E-state index is 12.1. The van der Waals surface area contributed by atoms with E-state index < -0.39 is 10.0 Å². The van der Waals surface area contributed by atoms with Gasteiger partial charge in [0.2, 0.25) is 0 Å². The van der Waals surface area contributed by atoms with Gasteiger partial charge in [-0.05, 0) is 30.3 Å². The number of hydrogen-bond donors (Lipinski definition) is 2. The normalized spacial score (nSPS) is 11.7. The Labute approximate surface area is 130 Å². The monoisotopic (exact) mass is 339 g/mol. The van der Waals surface area contributed by atoms with Crippen molar-refractivity contribution in [1.82, 2.24) is 9.82 Å². The number of benzene rings is 2. The number of nitrogens with one attached hydrogen (secondary N) is 2. The molecule has 0 radical (unpaired) electrons. The maximum Gasteiger partial charge on any atom is 0.257 e. The van der Waals surface area contributed by atoms with Crippen molar-refractivity contribution in [3.63, 3.8) is 0 Å². The fourth-order valence-corrected chi connectivity index (χ4v) is 3.62. The van der Waals surface area contributed by atoms with E-state index in [9.17, 15) is 8.42 Å². The quantitative estimate of drug-likeness (QED) is 0.716. The molecule has 8 heteroatoms. The molecule has 0 spiro atoms. The summed E-state index contributed by atoms with van der Waals surface area (Å²) in [5, 5.41) is 1.04. The van der Waals surface area contributed by atoms with Gasteiger partial charge in [0.25, 0.3) is 10.0 Å². The van der Waals surface area contributed by atoms with E-state index in [2.05, 4.69) is 15.2 Å². The molecule has 0 atom stereocenters. The third kappa shape index (κ3) is 3.16. The molecule has 1 aromatic heterocycles. The number of hydrazine groups is 1. The number of fused-ring (bicyclic) bond motifs is 1. The number of sulfonamides is 1. The van der Waals surface area contributed by atoms with Gasteiger partial charge >= 0.3 is 0 Å². The molecule has 3 rings (SSSR count). The lowest BCUT2D eigenvalue weighted by Crippen LogP contribution is -2.29. The van der Waals surface area contributed by atoms with E-state index in [0.717, 1.165) is 4.70 Å². The first-order valence-electron chi connectivity index (χ1n) is 5.93. The van der Waals surface area contributed by atoms with Crippen LogP contribution < -0.4 is 10.3 Å². The van der Waals surface area contributed by atoms with Gasteiger partial charge in [-0.1, -0.05) is 41.1 Å². The van der Waals surface area contributed by atoms with Crippen LogP contribution in [0.4, 0.5) is 5.13 Å². The molecular weight excluding hydrogens is 330 g/mol. The zero-order valence-electron chi connectivity index (χ0n) is 10.6. The van der Waals surface area contributed by atoms with Gasteiger partial charge in [-0.15, -0.1) is 4.83 Å². The lowest BCUT2D eigenvalue weighted by atomic mass is 10.3. The summed E-state index contributed by atoms with van der Waals surface area (Å²) in [4.78, 5) is 6.75. The van der Waals surface area contributed by atoms with E-state index in [1.807, 2.05) is 6.07 Å². The smallest absolute Gasteiger partial charge is 0.257 e. The number of aromatic nitrogens is 1. The number of hydrogen-bond acceptors (Lipinski definition) is 5. The molecule has 0 aliphatic rings. The van der Waals surface area contributed by atoms with E-state index >= 15 is 0 Å². The maximum absolute atomic E-state index is 12.1. The summed E-state index contributed by atoms with van der Waals surface area (Å²) < 4.78 is 25.0. The van der Waals surface area contributed by atoms with Crippen LogP contribution in [-0.4, -0.2) is 13.4 Å². The Morgan fingerprint density at radius 2 is 1.86 bits per heavy atom. The molecule has 3 aromatic rings. The molecule has 0 fully saturated rings. The van der Waals surface area contributed by atoms with Crippen molar-refractivity contribution < 1.29 is 8.42 Å². The van der Waals surface area contributed by atoms with Gasteiger partial charge in [-0.3, -0.25) is 5.43 Å². The third-order valence-corrected chi connectivity index (χ3v) is 5.15. The van der Waals surface area contributed by atoms with Gasteiger partial charge in [-0.2, -0.15) is 0 Å². The molecule has 2 aromatic carbocycles. The first-order chi connectivity index (χ1) is 10.0. The summed E-state index contributed by atoms with van der Waals surface area (Å²) in [5.74, 6) is 0. The van der Waals surface area contributed by atoms with Gasteiger partial charge in [0.05, 0.1) is 15.1 Å². The van der Waals surface area contributed by atoms with E-state index in [0.29, 0.717) is 15.7 Å². The van der Waals surface area contributed by atoms with Crippen molar-refractivity contribution in [2.45, 2.75) is 4.90 Å². The van der Waals surface area contributed by atoms with E-state index in [-0.39, 0.29) is 4.90 Å². The molecule has 0 amide bonds. The zero-order chi connectivity index (χ0) is 14.9. The predicted octanol–water partition coefficient (Wildman–Crippen LogP) is 3.26. The lowest BCUT2D eigenvalue weighted by molar-refractivity contribution is 0.587. The Kier molecular flexibility index (Phi) is 3.81. The summed E-state index contributed by atoms with van der Waals surface area (Å²) >= 11 is 7.22. The van der Waals surface area contributed by atoms with Crippen LogP contribution in [0.15, 0.2) is 53.4 Å².